The van der Waals surface area contributed by atoms with E-state index in [0.29, 0.717) is 29.2 Å². The molecule has 1 rings (SSSR count). The number of rotatable bonds is 9. The van der Waals surface area contributed by atoms with Gasteiger partial charge in [-0.2, -0.15) is 0 Å². The molecule has 26 heavy (non-hydrogen) atoms. The van der Waals surface area contributed by atoms with Gasteiger partial charge in [0.1, 0.15) is 6.04 Å². The van der Waals surface area contributed by atoms with Crippen LogP contribution in [0, 0.1) is 5.92 Å². The number of hydrogen-bond acceptors (Lipinski definition) is 6. The highest BCUT2D eigenvalue weighted by Crippen LogP contribution is 2.38. The van der Waals surface area contributed by atoms with Crippen LogP contribution in [0.4, 0.5) is 0 Å². The van der Waals surface area contributed by atoms with Crippen LogP contribution in [0.2, 0.25) is 0 Å². The predicted molar refractivity (Wildman–Crippen MR) is 98.5 cm³/mol. The zero-order valence-electron chi connectivity index (χ0n) is 16.1. The second-order valence-electron chi connectivity index (χ2n) is 6.01. The first-order valence-corrected chi connectivity index (χ1v) is 8.22. The maximum atomic E-state index is 12.2. The molecule has 0 aliphatic heterocycles. The van der Waals surface area contributed by atoms with Crippen LogP contribution in [0.5, 0.6) is 17.2 Å². The van der Waals surface area contributed by atoms with E-state index in [1.165, 1.54) is 34.5 Å². The van der Waals surface area contributed by atoms with Crippen molar-refractivity contribution in [2.45, 2.75) is 26.3 Å². The van der Waals surface area contributed by atoms with E-state index in [4.69, 9.17) is 18.9 Å². The Morgan fingerprint density at radius 3 is 2.04 bits per heavy atom. The summed E-state index contributed by atoms with van der Waals surface area (Å²) < 4.78 is 20.6. The monoisotopic (exact) mass is 365 g/mol. The highest BCUT2D eigenvalue weighted by molar-refractivity contribution is 5.94. The van der Waals surface area contributed by atoms with Gasteiger partial charge in [-0.05, 0) is 36.1 Å². The first-order chi connectivity index (χ1) is 12.4. The van der Waals surface area contributed by atoms with Crippen LogP contribution in [-0.4, -0.2) is 46.4 Å². The molecule has 1 aromatic rings. The van der Waals surface area contributed by atoms with Crippen molar-refractivity contribution in [2.24, 2.45) is 5.92 Å². The van der Waals surface area contributed by atoms with Crippen molar-refractivity contribution in [2.75, 3.05) is 28.4 Å². The minimum Gasteiger partial charge on any atom is -0.493 e. The Labute approximate surface area is 154 Å². The van der Waals surface area contributed by atoms with Crippen molar-refractivity contribution in [3.05, 3.63) is 23.8 Å². The standard InChI is InChI=1S/C19H27NO6/c1-12(2)9-14(19(22)26-6)20-17(21)8-7-13-10-15(23-3)18(25-5)16(11-13)24-4/h7-8,10-12,14H,9H2,1-6H3,(H,20,21)/b8-7+/t14-/m0/s1. The topological polar surface area (TPSA) is 83.1 Å². The molecule has 0 unspecified atom stereocenters. The highest BCUT2D eigenvalue weighted by Gasteiger charge is 2.21. The van der Waals surface area contributed by atoms with Crippen LogP contribution in [0.25, 0.3) is 6.08 Å². The minimum absolute atomic E-state index is 0.235. The lowest BCUT2D eigenvalue weighted by atomic mass is 10.0. The number of esters is 1. The zero-order chi connectivity index (χ0) is 19.7. The Hall–Kier alpha value is -2.70. The Kier molecular flexibility index (Phi) is 8.48. The molecule has 7 heteroatoms. The molecular formula is C19H27NO6. The molecule has 144 valence electrons. The fourth-order valence-electron chi connectivity index (χ4n) is 2.42. The molecule has 7 nitrogen and oxygen atoms in total. The van der Waals surface area contributed by atoms with Gasteiger partial charge in [0.25, 0.3) is 0 Å². The van der Waals surface area contributed by atoms with Gasteiger partial charge in [-0.3, -0.25) is 4.79 Å². The van der Waals surface area contributed by atoms with Crippen LogP contribution < -0.4 is 19.5 Å². The van der Waals surface area contributed by atoms with Gasteiger partial charge in [-0.1, -0.05) is 13.8 Å². The molecule has 0 heterocycles. The number of benzene rings is 1. The lowest BCUT2D eigenvalue weighted by molar-refractivity contribution is -0.145. The third-order valence-electron chi connectivity index (χ3n) is 3.62. The van der Waals surface area contributed by atoms with Crippen molar-refractivity contribution >= 4 is 18.0 Å². The van der Waals surface area contributed by atoms with Crippen molar-refractivity contribution in [3.8, 4) is 17.2 Å². The van der Waals surface area contributed by atoms with Gasteiger partial charge >= 0.3 is 5.97 Å². The molecule has 1 aromatic carbocycles. The summed E-state index contributed by atoms with van der Waals surface area (Å²) in [6.45, 7) is 3.93. The van der Waals surface area contributed by atoms with Gasteiger partial charge < -0.3 is 24.3 Å². The number of ether oxygens (including phenoxy) is 4. The summed E-state index contributed by atoms with van der Waals surface area (Å²) in [5, 5.41) is 2.66. The van der Waals surface area contributed by atoms with E-state index < -0.39 is 17.9 Å². The van der Waals surface area contributed by atoms with Gasteiger partial charge in [0.15, 0.2) is 11.5 Å². The van der Waals surface area contributed by atoms with E-state index in [2.05, 4.69) is 5.32 Å². The second-order valence-corrected chi connectivity index (χ2v) is 6.01. The number of carbonyl (C=O) groups excluding carboxylic acids is 2. The number of methoxy groups -OCH3 is 4. The summed E-state index contributed by atoms with van der Waals surface area (Å²) in [6, 6.07) is 2.76. The van der Waals surface area contributed by atoms with Crippen molar-refractivity contribution in [3.63, 3.8) is 0 Å². The molecule has 0 radical (unpaired) electrons. The normalized spacial score (nSPS) is 12.0. The summed E-state index contributed by atoms with van der Waals surface area (Å²) >= 11 is 0. The van der Waals surface area contributed by atoms with Crippen molar-refractivity contribution in [1.82, 2.24) is 5.32 Å². The van der Waals surface area contributed by atoms with E-state index in [1.54, 1.807) is 18.2 Å². The highest BCUT2D eigenvalue weighted by atomic mass is 16.5. The second kappa shape index (κ2) is 10.3. The van der Waals surface area contributed by atoms with Crippen molar-refractivity contribution < 1.29 is 28.5 Å². The molecule has 0 spiro atoms. The average Bonchev–Trinajstić information content (AvgIpc) is 2.63. The van der Waals surface area contributed by atoms with Gasteiger partial charge in [-0.25, -0.2) is 4.79 Å². The fourth-order valence-corrected chi connectivity index (χ4v) is 2.42. The lowest BCUT2D eigenvalue weighted by Crippen LogP contribution is -2.41. The van der Waals surface area contributed by atoms with E-state index in [0.717, 1.165) is 0 Å². The summed E-state index contributed by atoms with van der Waals surface area (Å²) in [5.74, 6) is 0.819. The quantitative estimate of drug-likeness (QED) is 0.535. The Morgan fingerprint density at radius 1 is 1.04 bits per heavy atom. The molecule has 1 N–H and O–H groups in total. The summed E-state index contributed by atoms with van der Waals surface area (Å²) in [4.78, 5) is 24.0. The third kappa shape index (κ3) is 5.98. The van der Waals surface area contributed by atoms with Crippen LogP contribution in [-0.2, 0) is 14.3 Å². The molecule has 0 fully saturated rings. The number of nitrogens with one attached hydrogen (secondary N) is 1. The van der Waals surface area contributed by atoms with Gasteiger partial charge in [0, 0.05) is 6.08 Å². The molecule has 0 aliphatic carbocycles. The number of amides is 1. The number of carbonyl (C=O) groups is 2. The zero-order valence-corrected chi connectivity index (χ0v) is 16.1. The average molecular weight is 365 g/mol. The summed E-state index contributed by atoms with van der Waals surface area (Å²) in [6.07, 6.45) is 3.44. The molecule has 0 aliphatic rings. The maximum Gasteiger partial charge on any atom is 0.328 e. The fraction of sp³-hybridized carbons (Fsp3) is 0.474. The summed E-state index contributed by atoms with van der Waals surface area (Å²) in [7, 11) is 5.85. The molecular weight excluding hydrogens is 338 g/mol. The Bertz CT molecular complexity index is 628. The molecule has 0 saturated carbocycles. The molecule has 1 atom stereocenters. The molecule has 0 saturated heterocycles. The van der Waals surface area contributed by atoms with Crippen LogP contribution >= 0.6 is 0 Å². The first kappa shape index (κ1) is 21.3. The van der Waals surface area contributed by atoms with Gasteiger partial charge in [0.05, 0.1) is 28.4 Å². The van der Waals surface area contributed by atoms with E-state index >= 15 is 0 Å². The van der Waals surface area contributed by atoms with Gasteiger partial charge in [0.2, 0.25) is 11.7 Å². The number of hydrogen-bond donors (Lipinski definition) is 1. The van der Waals surface area contributed by atoms with E-state index in [9.17, 15) is 9.59 Å². The van der Waals surface area contributed by atoms with Crippen LogP contribution in [0.1, 0.15) is 25.8 Å². The van der Waals surface area contributed by atoms with Crippen LogP contribution in [0.15, 0.2) is 18.2 Å². The summed E-state index contributed by atoms with van der Waals surface area (Å²) in [5.41, 5.74) is 0.688. The maximum absolute atomic E-state index is 12.2. The lowest BCUT2D eigenvalue weighted by Gasteiger charge is -2.17. The minimum atomic E-state index is -0.683. The smallest absolute Gasteiger partial charge is 0.328 e. The molecule has 0 aromatic heterocycles. The Morgan fingerprint density at radius 2 is 1.62 bits per heavy atom. The third-order valence-corrected chi connectivity index (χ3v) is 3.62. The predicted octanol–water partition coefficient (Wildman–Crippen LogP) is 2.43. The van der Waals surface area contributed by atoms with Crippen molar-refractivity contribution in [1.29, 1.82) is 0 Å². The van der Waals surface area contributed by atoms with E-state index in [1.807, 2.05) is 13.8 Å². The Balaban J connectivity index is 2.94. The van der Waals surface area contributed by atoms with Gasteiger partial charge in [-0.15, -0.1) is 0 Å². The molecule has 0 bridgehead atoms. The van der Waals surface area contributed by atoms with Crippen LogP contribution in [0.3, 0.4) is 0 Å². The SMILES string of the molecule is COC(=O)[C@H](CC(C)C)NC(=O)/C=C/c1cc(OC)c(OC)c(OC)c1. The molecule has 1 amide bonds. The first-order valence-electron chi connectivity index (χ1n) is 8.22. The van der Waals surface area contributed by atoms with E-state index in [-0.39, 0.29) is 5.92 Å². The largest absolute Gasteiger partial charge is 0.493 e.